The van der Waals surface area contributed by atoms with Crippen LogP contribution in [-0.4, -0.2) is 34.8 Å². The molecule has 0 saturated carbocycles. The summed E-state index contributed by atoms with van der Waals surface area (Å²) >= 11 is 0. The van der Waals surface area contributed by atoms with E-state index < -0.39 is 0 Å². The fourth-order valence-corrected chi connectivity index (χ4v) is 1.86. The molecular weight excluding hydrogens is 216 g/mol. The number of amides is 1. The van der Waals surface area contributed by atoms with Gasteiger partial charge >= 0.3 is 0 Å². The maximum absolute atomic E-state index is 12.0. The van der Waals surface area contributed by atoms with Crippen LogP contribution >= 0.6 is 0 Å². The number of aromatic nitrogens is 2. The number of nitrogens with one attached hydrogen (secondary N) is 2. The van der Waals surface area contributed by atoms with Crippen LogP contribution in [0.25, 0.3) is 0 Å². The Morgan fingerprint density at radius 2 is 2.12 bits per heavy atom. The van der Waals surface area contributed by atoms with Crippen LogP contribution in [0.3, 0.4) is 0 Å². The van der Waals surface area contributed by atoms with Crippen LogP contribution in [0.4, 0.5) is 0 Å². The van der Waals surface area contributed by atoms with Crippen molar-refractivity contribution in [2.75, 3.05) is 13.1 Å². The number of aryl methyl sites for hydroxylation is 2. The fourth-order valence-electron chi connectivity index (χ4n) is 1.86. The molecule has 0 aromatic carbocycles. The SMILES string of the molecule is CCN[C@H](C)CNC(=O)c1c(C)nn(C)c1C. The fraction of sp³-hybridized carbons (Fsp3) is 0.667. The Balaban J connectivity index is 2.64. The van der Waals surface area contributed by atoms with Gasteiger partial charge in [0.25, 0.3) is 5.91 Å². The highest BCUT2D eigenvalue weighted by Crippen LogP contribution is 2.11. The van der Waals surface area contributed by atoms with E-state index in [4.69, 9.17) is 0 Å². The molecule has 0 fully saturated rings. The largest absolute Gasteiger partial charge is 0.350 e. The number of rotatable bonds is 5. The lowest BCUT2D eigenvalue weighted by Gasteiger charge is -2.13. The molecular formula is C12H22N4O. The van der Waals surface area contributed by atoms with E-state index in [-0.39, 0.29) is 11.9 Å². The Kier molecular flexibility index (Phi) is 4.69. The highest BCUT2D eigenvalue weighted by Gasteiger charge is 2.17. The zero-order valence-corrected chi connectivity index (χ0v) is 11.3. The summed E-state index contributed by atoms with van der Waals surface area (Å²) in [6.07, 6.45) is 0. The lowest BCUT2D eigenvalue weighted by atomic mass is 10.2. The monoisotopic (exact) mass is 238 g/mol. The molecule has 2 N–H and O–H groups in total. The van der Waals surface area contributed by atoms with Crippen LogP contribution < -0.4 is 10.6 Å². The minimum Gasteiger partial charge on any atom is -0.350 e. The molecule has 0 aliphatic heterocycles. The molecule has 96 valence electrons. The third kappa shape index (κ3) is 3.30. The van der Waals surface area contributed by atoms with E-state index in [2.05, 4.69) is 15.7 Å². The van der Waals surface area contributed by atoms with Gasteiger partial charge < -0.3 is 10.6 Å². The molecule has 0 spiro atoms. The van der Waals surface area contributed by atoms with Gasteiger partial charge in [-0.25, -0.2) is 0 Å². The number of likely N-dealkylation sites (N-methyl/N-ethyl adjacent to an activating group) is 1. The summed E-state index contributed by atoms with van der Waals surface area (Å²) in [4.78, 5) is 12.0. The van der Waals surface area contributed by atoms with Crippen molar-refractivity contribution in [2.24, 2.45) is 7.05 Å². The van der Waals surface area contributed by atoms with Gasteiger partial charge in [0.1, 0.15) is 0 Å². The summed E-state index contributed by atoms with van der Waals surface area (Å²) in [5, 5.41) is 10.4. The zero-order chi connectivity index (χ0) is 13.0. The molecule has 0 aliphatic rings. The summed E-state index contributed by atoms with van der Waals surface area (Å²) in [7, 11) is 1.85. The lowest BCUT2D eigenvalue weighted by molar-refractivity contribution is 0.0949. The van der Waals surface area contributed by atoms with Crippen LogP contribution in [-0.2, 0) is 7.05 Å². The van der Waals surface area contributed by atoms with E-state index >= 15 is 0 Å². The summed E-state index contributed by atoms with van der Waals surface area (Å²) in [5.74, 6) is -0.0437. The van der Waals surface area contributed by atoms with Gasteiger partial charge in [0.2, 0.25) is 0 Å². The van der Waals surface area contributed by atoms with Crippen LogP contribution in [0, 0.1) is 13.8 Å². The number of nitrogens with zero attached hydrogens (tertiary/aromatic N) is 2. The highest BCUT2D eigenvalue weighted by molar-refractivity contribution is 5.96. The summed E-state index contributed by atoms with van der Waals surface area (Å²) < 4.78 is 1.73. The zero-order valence-electron chi connectivity index (χ0n) is 11.3. The molecule has 17 heavy (non-hydrogen) atoms. The Morgan fingerprint density at radius 1 is 1.47 bits per heavy atom. The number of carbonyl (C=O) groups is 1. The summed E-state index contributed by atoms with van der Waals surface area (Å²) in [6.45, 7) is 9.39. The Hall–Kier alpha value is -1.36. The molecule has 0 unspecified atom stereocenters. The molecule has 1 aromatic rings. The average molecular weight is 238 g/mol. The molecule has 1 heterocycles. The topological polar surface area (TPSA) is 58.9 Å². The Bertz CT molecular complexity index is 397. The van der Waals surface area contributed by atoms with E-state index in [1.165, 1.54) is 0 Å². The van der Waals surface area contributed by atoms with Gasteiger partial charge in [-0.1, -0.05) is 6.92 Å². The van der Waals surface area contributed by atoms with Crippen LogP contribution in [0.15, 0.2) is 0 Å². The van der Waals surface area contributed by atoms with Crippen molar-refractivity contribution < 1.29 is 4.79 Å². The molecule has 1 aromatic heterocycles. The number of carbonyl (C=O) groups excluding carboxylic acids is 1. The van der Waals surface area contributed by atoms with E-state index in [1.54, 1.807) is 4.68 Å². The standard InChI is InChI=1S/C12H22N4O/c1-6-13-8(2)7-14-12(17)11-9(3)15-16(5)10(11)4/h8,13H,6-7H2,1-5H3,(H,14,17)/t8-/m1/s1. The van der Waals surface area contributed by atoms with Crippen molar-refractivity contribution in [2.45, 2.75) is 33.7 Å². The normalized spacial score (nSPS) is 12.5. The van der Waals surface area contributed by atoms with Gasteiger partial charge in [0.05, 0.1) is 11.3 Å². The van der Waals surface area contributed by atoms with Crippen molar-refractivity contribution >= 4 is 5.91 Å². The van der Waals surface area contributed by atoms with Crippen LogP contribution in [0.1, 0.15) is 35.6 Å². The van der Waals surface area contributed by atoms with Crippen molar-refractivity contribution in [1.29, 1.82) is 0 Å². The van der Waals surface area contributed by atoms with Gasteiger partial charge in [0, 0.05) is 25.3 Å². The first kappa shape index (κ1) is 13.7. The molecule has 0 saturated heterocycles. The van der Waals surface area contributed by atoms with Gasteiger partial charge in [-0.05, 0) is 27.3 Å². The molecule has 0 radical (unpaired) electrons. The first-order valence-electron chi connectivity index (χ1n) is 5.99. The van der Waals surface area contributed by atoms with E-state index in [0.717, 1.165) is 17.9 Å². The minimum absolute atomic E-state index is 0.0437. The maximum Gasteiger partial charge on any atom is 0.255 e. The Morgan fingerprint density at radius 3 is 2.59 bits per heavy atom. The van der Waals surface area contributed by atoms with Gasteiger partial charge in [-0.15, -0.1) is 0 Å². The minimum atomic E-state index is -0.0437. The second-order valence-electron chi connectivity index (χ2n) is 4.34. The smallest absolute Gasteiger partial charge is 0.255 e. The lowest BCUT2D eigenvalue weighted by Crippen LogP contribution is -2.39. The van der Waals surface area contributed by atoms with Gasteiger partial charge in [-0.3, -0.25) is 9.48 Å². The van der Waals surface area contributed by atoms with Crippen molar-refractivity contribution in [3.63, 3.8) is 0 Å². The Labute approximate surface area is 103 Å². The van der Waals surface area contributed by atoms with E-state index in [9.17, 15) is 4.79 Å². The maximum atomic E-state index is 12.0. The van der Waals surface area contributed by atoms with Gasteiger partial charge in [-0.2, -0.15) is 5.10 Å². The second-order valence-corrected chi connectivity index (χ2v) is 4.34. The van der Waals surface area contributed by atoms with Crippen molar-refractivity contribution in [1.82, 2.24) is 20.4 Å². The molecule has 0 bridgehead atoms. The van der Waals surface area contributed by atoms with Crippen molar-refractivity contribution in [3.8, 4) is 0 Å². The van der Waals surface area contributed by atoms with E-state index in [0.29, 0.717) is 12.1 Å². The number of hydrogen-bond donors (Lipinski definition) is 2. The third-order valence-electron chi connectivity index (χ3n) is 2.86. The molecule has 5 nitrogen and oxygen atoms in total. The first-order chi connectivity index (χ1) is 7.97. The van der Waals surface area contributed by atoms with Gasteiger partial charge in [0.15, 0.2) is 0 Å². The summed E-state index contributed by atoms with van der Waals surface area (Å²) in [5.41, 5.74) is 2.37. The summed E-state index contributed by atoms with van der Waals surface area (Å²) in [6, 6.07) is 0.279. The highest BCUT2D eigenvalue weighted by atomic mass is 16.1. The molecule has 1 atom stereocenters. The molecule has 0 aliphatic carbocycles. The predicted molar refractivity (Wildman–Crippen MR) is 68.2 cm³/mol. The molecule has 1 amide bonds. The average Bonchev–Trinajstić information content (AvgIpc) is 2.50. The first-order valence-corrected chi connectivity index (χ1v) is 5.99. The quantitative estimate of drug-likeness (QED) is 0.796. The van der Waals surface area contributed by atoms with Crippen LogP contribution in [0.2, 0.25) is 0 Å². The molecule has 5 heteroatoms. The van der Waals surface area contributed by atoms with Crippen molar-refractivity contribution in [3.05, 3.63) is 17.0 Å². The third-order valence-corrected chi connectivity index (χ3v) is 2.86. The molecule has 1 rings (SSSR count). The predicted octanol–water partition coefficient (Wildman–Crippen LogP) is 0.765. The number of hydrogen-bond acceptors (Lipinski definition) is 3. The van der Waals surface area contributed by atoms with E-state index in [1.807, 2.05) is 34.7 Å². The van der Waals surface area contributed by atoms with Crippen LogP contribution in [0.5, 0.6) is 0 Å². The second kappa shape index (κ2) is 5.82.